The quantitative estimate of drug-likeness (QED) is 0.863. The van der Waals surface area contributed by atoms with E-state index in [0.29, 0.717) is 11.4 Å². The first kappa shape index (κ1) is 15.4. The van der Waals surface area contributed by atoms with Crippen molar-refractivity contribution in [2.45, 2.75) is 18.4 Å². The van der Waals surface area contributed by atoms with E-state index < -0.39 is 9.84 Å². The van der Waals surface area contributed by atoms with Gasteiger partial charge in [0.1, 0.15) is 0 Å². The summed E-state index contributed by atoms with van der Waals surface area (Å²) in [6.45, 7) is 2.28. The van der Waals surface area contributed by atoms with Crippen molar-refractivity contribution in [1.82, 2.24) is 0 Å². The highest BCUT2D eigenvalue weighted by Crippen LogP contribution is 2.26. The minimum Gasteiger partial charge on any atom is -0.399 e. The van der Waals surface area contributed by atoms with Crippen LogP contribution in [0.3, 0.4) is 0 Å². The maximum absolute atomic E-state index is 12.2. The Morgan fingerprint density at radius 2 is 1.67 bits per heavy atom. The molecule has 2 aromatic carbocycles. The molecule has 4 nitrogen and oxygen atoms in total. The van der Waals surface area contributed by atoms with Gasteiger partial charge in [-0.2, -0.15) is 0 Å². The SMILES string of the molecule is CCS(=O)(=O)c1ccccc1N(C)Cc1ccc(N)cc1. The molecule has 5 heteroatoms. The summed E-state index contributed by atoms with van der Waals surface area (Å²) in [6.07, 6.45) is 0. The topological polar surface area (TPSA) is 63.4 Å². The molecule has 0 aliphatic heterocycles. The Labute approximate surface area is 126 Å². The Kier molecular flexibility index (Phi) is 4.53. The summed E-state index contributed by atoms with van der Waals surface area (Å²) in [4.78, 5) is 2.32. The van der Waals surface area contributed by atoms with E-state index in [1.807, 2.05) is 48.3 Å². The summed E-state index contributed by atoms with van der Waals surface area (Å²) in [5, 5.41) is 0. The van der Waals surface area contributed by atoms with E-state index in [0.717, 1.165) is 16.9 Å². The summed E-state index contributed by atoms with van der Waals surface area (Å²) < 4.78 is 24.4. The van der Waals surface area contributed by atoms with E-state index >= 15 is 0 Å². The first-order valence-electron chi connectivity index (χ1n) is 6.81. The molecule has 0 amide bonds. The van der Waals surface area contributed by atoms with E-state index in [9.17, 15) is 8.42 Å². The Morgan fingerprint density at radius 3 is 2.29 bits per heavy atom. The van der Waals surface area contributed by atoms with Crippen LogP contribution >= 0.6 is 0 Å². The Morgan fingerprint density at radius 1 is 1.05 bits per heavy atom. The van der Waals surface area contributed by atoms with Crippen LogP contribution in [0, 0.1) is 0 Å². The highest BCUT2D eigenvalue weighted by atomic mass is 32.2. The second kappa shape index (κ2) is 6.18. The van der Waals surface area contributed by atoms with Crippen LogP contribution < -0.4 is 10.6 Å². The smallest absolute Gasteiger partial charge is 0.180 e. The zero-order chi connectivity index (χ0) is 15.5. The molecule has 0 aliphatic carbocycles. The van der Waals surface area contributed by atoms with Crippen molar-refractivity contribution in [2.24, 2.45) is 0 Å². The number of nitrogens with two attached hydrogens (primary N) is 1. The fourth-order valence-corrected chi connectivity index (χ4v) is 3.31. The van der Waals surface area contributed by atoms with E-state index in [1.165, 1.54) is 0 Å². The predicted molar refractivity (Wildman–Crippen MR) is 87.1 cm³/mol. The molecule has 0 aromatic heterocycles. The molecule has 2 rings (SSSR count). The number of nitrogen functional groups attached to an aromatic ring is 1. The van der Waals surface area contributed by atoms with Crippen molar-refractivity contribution in [3.05, 3.63) is 54.1 Å². The summed E-state index contributed by atoms with van der Waals surface area (Å²) >= 11 is 0. The number of para-hydroxylation sites is 1. The van der Waals surface area contributed by atoms with Gasteiger partial charge >= 0.3 is 0 Å². The van der Waals surface area contributed by atoms with Crippen molar-refractivity contribution < 1.29 is 8.42 Å². The third-order valence-electron chi connectivity index (χ3n) is 3.39. The number of hydrogen-bond donors (Lipinski definition) is 1. The number of nitrogens with zero attached hydrogens (tertiary/aromatic N) is 1. The Hall–Kier alpha value is -2.01. The maximum atomic E-state index is 12.2. The molecule has 0 spiro atoms. The van der Waals surface area contributed by atoms with Crippen LogP contribution in [0.15, 0.2) is 53.4 Å². The molecular formula is C16H20N2O2S. The summed E-state index contributed by atoms with van der Waals surface area (Å²) in [6, 6.07) is 14.7. The van der Waals surface area contributed by atoms with Gasteiger partial charge in [0.15, 0.2) is 9.84 Å². The molecule has 0 saturated carbocycles. The van der Waals surface area contributed by atoms with E-state index in [-0.39, 0.29) is 5.75 Å². The lowest BCUT2D eigenvalue weighted by molar-refractivity contribution is 0.597. The largest absolute Gasteiger partial charge is 0.399 e. The van der Waals surface area contributed by atoms with Gasteiger partial charge < -0.3 is 10.6 Å². The van der Waals surface area contributed by atoms with Crippen LogP contribution in [0.4, 0.5) is 11.4 Å². The predicted octanol–water partition coefficient (Wildman–Crippen LogP) is 2.70. The number of anilines is 2. The van der Waals surface area contributed by atoms with Crippen LogP contribution in [-0.4, -0.2) is 21.2 Å². The number of benzene rings is 2. The molecule has 0 unspecified atom stereocenters. The van der Waals surface area contributed by atoms with Crippen LogP contribution in [-0.2, 0) is 16.4 Å². The average Bonchev–Trinajstić information content (AvgIpc) is 2.49. The number of hydrogen-bond acceptors (Lipinski definition) is 4. The standard InChI is InChI=1S/C16H20N2O2S/c1-3-21(19,20)16-7-5-4-6-15(16)18(2)12-13-8-10-14(17)11-9-13/h4-11H,3,12,17H2,1-2H3. The number of rotatable bonds is 5. The molecule has 0 radical (unpaired) electrons. The lowest BCUT2D eigenvalue weighted by Gasteiger charge is -2.22. The fourth-order valence-electron chi connectivity index (χ4n) is 2.17. The molecule has 0 saturated heterocycles. The second-order valence-electron chi connectivity index (χ2n) is 4.97. The molecule has 2 N–H and O–H groups in total. The van der Waals surface area contributed by atoms with Crippen molar-refractivity contribution >= 4 is 21.2 Å². The first-order valence-corrected chi connectivity index (χ1v) is 8.46. The Bertz CT molecular complexity index is 709. The van der Waals surface area contributed by atoms with Gasteiger partial charge in [0.2, 0.25) is 0 Å². The first-order chi connectivity index (χ1) is 9.94. The van der Waals surface area contributed by atoms with Gasteiger partial charge in [0.05, 0.1) is 16.3 Å². The molecule has 21 heavy (non-hydrogen) atoms. The third-order valence-corrected chi connectivity index (χ3v) is 5.17. The van der Waals surface area contributed by atoms with Gasteiger partial charge in [-0.1, -0.05) is 31.2 Å². The minimum absolute atomic E-state index is 0.0969. The summed E-state index contributed by atoms with van der Waals surface area (Å²) in [7, 11) is -1.35. The monoisotopic (exact) mass is 304 g/mol. The lowest BCUT2D eigenvalue weighted by atomic mass is 10.2. The zero-order valence-electron chi connectivity index (χ0n) is 12.3. The zero-order valence-corrected chi connectivity index (χ0v) is 13.1. The normalized spacial score (nSPS) is 11.3. The highest BCUT2D eigenvalue weighted by molar-refractivity contribution is 7.91. The van der Waals surface area contributed by atoms with Crippen LogP contribution in [0.2, 0.25) is 0 Å². The number of sulfone groups is 1. The summed E-state index contributed by atoms with van der Waals surface area (Å²) in [5.74, 6) is 0.0969. The van der Waals surface area contributed by atoms with Gasteiger partial charge in [-0.25, -0.2) is 8.42 Å². The van der Waals surface area contributed by atoms with Gasteiger partial charge in [-0.15, -0.1) is 0 Å². The molecule has 0 bridgehead atoms. The van der Waals surface area contributed by atoms with Crippen molar-refractivity contribution in [3.63, 3.8) is 0 Å². The van der Waals surface area contributed by atoms with Gasteiger partial charge in [-0.05, 0) is 29.8 Å². The fraction of sp³-hybridized carbons (Fsp3) is 0.250. The molecule has 0 atom stereocenters. The van der Waals surface area contributed by atoms with E-state index in [1.54, 1.807) is 19.1 Å². The third kappa shape index (κ3) is 3.55. The van der Waals surface area contributed by atoms with Crippen LogP contribution in [0.5, 0.6) is 0 Å². The van der Waals surface area contributed by atoms with Gasteiger partial charge in [0.25, 0.3) is 0 Å². The summed E-state index contributed by atoms with van der Waals surface area (Å²) in [5.41, 5.74) is 8.19. The van der Waals surface area contributed by atoms with E-state index in [4.69, 9.17) is 5.73 Å². The average molecular weight is 304 g/mol. The molecule has 0 fully saturated rings. The van der Waals surface area contributed by atoms with Crippen molar-refractivity contribution in [3.8, 4) is 0 Å². The Balaban J connectivity index is 2.31. The lowest BCUT2D eigenvalue weighted by Crippen LogP contribution is -2.19. The molecule has 2 aromatic rings. The maximum Gasteiger partial charge on any atom is 0.180 e. The molecule has 0 heterocycles. The van der Waals surface area contributed by atoms with E-state index in [2.05, 4.69) is 0 Å². The minimum atomic E-state index is -3.23. The van der Waals surface area contributed by atoms with Gasteiger partial charge in [-0.3, -0.25) is 0 Å². The molecular weight excluding hydrogens is 284 g/mol. The van der Waals surface area contributed by atoms with Gasteiger partial charge in [0, 0.05) is 19.3 Å². The van der Waals surface area contributed by atoms with Crippen molar-refractivity contribution in [1.29, 1.82) is 0 Å². The van der Waals surface area contributed by atoms with Crippen LogP contribution in [0.25, 0.3) is 0 Å². The second-order valence-corrected chi connectivity index (χ2v) is 7.22. The highest BCUT2D eigenvalue weighted by Gasteiger charge is 2.18. The molecule has 112 valence electrons. The molecule has 0 aliphatic rings. The van der Waals surface area contributed by atoms with Crippen LogP contribution in [0.1, 0.15) is 12.5 Å². The van der Waals surface area contributed by atoms with Crippen molar-refractivity contribution in [2.75, 3.05) is 23.4 Å².